The molecular formula is C10H12F2N6O2S. The lowest BCUT2D eigenvalue weighted by Gasteiger charge is -2.12. The van der Waals surface area contributed by atoms with Crippen LogP contribution in [-0.4, -0.2) is 47.0 Å². The lowest BCUT2D eigenvalue weighted by Crippen LogP contribution is -2.35. The molecule has 0 aliphatic rings. The zero-order chi connectivity index (χ0) is 15.6. The summed E-state index contributed by atoms with van der Waals surface area (Å²) in [7, 11) is -0.924. The van der Waals surface area contributed by atoms with Gasteiger partial charge in [-0.05, 0) is 22.6 Å². The van der Waals surface area contributed by atoms with Crippen LogP contribution in [0.3, 0.4) is 0 Å². The fourth-order valence-corrected chi connectivity index (χ4v) is 1.99. The van der Waals surface area contributed by atoms with Crippen molar-refractivity contribution >= 4 is 10.2 Å². The van der Waals surface area contributed by atoms with Gasteiger partial charge in [-0.2, -0.15) is 22.1 Å². The SMILES string of the molecule is CN(C)S(=O)(=O)NCc1nnnn1-c1ccc(F)c(F)c1. The van der Waals surface area contributed by atoms with E-state index in [0.29, 0.717) is 0 Å². The van der Waals surface area contributed by atoms with Crippen molar-refractivity contribution in [2.75, 3.05) is 14.1 Å². The van der Waals surface area contributed by atoms with Gasteiger partial charge < -0.3 is 0 Å². The molecule has 8 nitrogen and oxygen atoms in total. The number of halogens is 2. The molecule has 0 spiro atoms. The van der Waals surface area contributed by atoms with E-state index < -0.39 is 21.8 Å². The van der Waals surface area contributed by atoms with Crippen molar-refractivity contribution in [1.29, 1.82) is 0 Å². The van der Waals surface area contributed by atoms with E-state index in [-0.39, 0.29) is 18.1 Å². The molecule has 114 valence electrons. The van der Waals surface area contributed by atoms with Crippen LogP contribution in [0.5, 0.6) is 0 Å². The molecule has 2 rings (SSSR count). The highest BCUT2D eigenvalue weighted by molar-refractivity contribution is 7.87. The number of nitrogens with zero attached hydrogens (tertiary/aromatic N) is 5. The van der Waals surface area contributed by atoms with Crippen LogP contribution in [0.4, 0.5) is 8.78 Å². The molecule has 1 heterocycles. The molecule has 11 heteroatoms. The number of hydrogen-bond acceptors (Lipinski definition) is 5. The van der Waals surface area contributed by atoms with E-state index in [1.54, 1.807) is 0 Å². The number of rotatable bonds is 5. The van der Waals surface area contributed by atoms with Crippen LogP contribution in [0.15, 0.2) is 18.2 Å². The lowest BCUT2D eigenvalue weighted by atomic mass is 10.3. The first kappa shape index (κ1) is 15.4. The maximum Gasteiger partial charge on any atom is 0.279 e. The summed E-state index contributed by atoms with van der Waals surface area (Å²) in [5.41, 5.74) is 0.179. The van der Waals surface area contributed by atoms with Crippen LogP contribution in [0.1, 0.15) is 5.82 Å². The maximum atomic E-state index is 13.2. The summed E-state index contributed by atoms with van der Waals surface area (Å²) < 4.78 is 53.7. The minimum absolute atomic E-state index is 0.131. The van der Waals surface area contributed by atoms with E-state index in [0.717, 1.165) is 21.1 Å². The molecule has 1 N–H and O–H groups in total. The minimum atomic E-state index is -3.65. The Morgan fingerprint density at radius 2 is 2.00 bits per heavy atom. The van der Waals surface area contributed by atoms with Gasteiger partial charge in [0, 0.05) is 20.2 Å². The lowest BCUT2D eigenvalue weighted by molar-refractivity contribution is 0.502. The molecule has 0 saturated carbocycles. The van der Waals surface area contributed by atoms with Gasteiger partial charge in [0.2, 0.25) is 0 Å². The molecule has 0 bridgehead atoms. The van der Waals surface area contributed by atoms with Gasteiger partial charge in [-0.15, -0.1) is 5.10 Å². The number of aromatic nitrogens is 4. The van der Waals surface area contributed by atoms with Gasteiger partial charge in [-0.1, -0.05) is 0 Å². The molecule has 0 aliphatic heterocycles. The van der Waals surface area contributed by atoms with Crippen molar-refractivity contribution < 1.29 is 17.2 Å². The molecule has 0 amide bonds. The van der Waals surface area contributed by atoms with Gasteiger partial charge in [0.25, 0.3) is 10.2 Å². The van der Waals surface area contributed by atoms with Crippen LogP contribution in [0, 0.1) is 11.6 Å². The first-order chi connectivity index (χ1) is 9.81. The quantitative estimate of drug-likeness (QED) is 0.826. The summed E-state index contributed by atoms with van der Waals surface area (Å²) in [6, 6.07) is 3.12. The molecule has 1 aromatic heterocycles. The monoisotopic (exact) mass is 318 g/mol. The number of nitrogens with one attached hydrogen (secondary N) is 1. The molecule has 2 aromatic rings. The average molecular weight is 318 g/mol. The maximum absolute atomic E-state index is 13.2. The first-order valence-corrected chi connectivity index (χ1v) is 7.15. The largest absolute Gasteiger partial charge is 0.279 e. The van der Waals surface area contributed by atoms with Crippen molar-refractivity contribution in [3.8, 4) is 5.69 Å². The topological polar surface area (TPSA) is 93.0 Å². The molecule has 0 radical (unpaired) electrons. The molecular weight excluding hydrogens is 306 g/mol. The Morgan fingerprint density at radius 1 is 1.29 bits per heavy atom. The van der Waals surface area contributed by atoms with Crippen LogP contribution >= 0.6 is 0 Å². The fourth-order valence-electron chi connectivity index (χ4n) is 1.42. The highest BCUT2D eigenvalue weighted by atomic mass is 32.2. The van der Waals surface area contributed by atoms with Gasteiger partial charge >= 0.3 is 0 Å². The van der Waals surface area contributed by atoms with Crippen LogP contribution in [-0.2, 0) is 16.8 Å². The van der Waals surface area contributed by atoms with E-state index in [2.05, 4.69) is 20.2 Å². The third kappa shape index (κ3) is 3.37. The summed E-state index contributed by atoms with van der Waals surface area (Å²) in [6.07, 6.45) is 0. The fraction of sp³-hybridized carbons (Fsp3) is 0.300. The number of benzene rings is 1. The predicted molar refractivity (Wildman–Crippen MR) is 68.5 cm³/mol. The Balaban J connectivity index is 2.25. The summed E-state index contributed by atoms with van der Waals surface area (Å²) >= 11 is 0. The Bertz CT molecular complexity index is 746. The summed E-state index contributed by atoms with van der Waals surface area (Å²) in [4.78, 5) is 0. The number of hydrogen-bond donors (Lipinski definition) is 1. The van der Waals surface area contributed by atoms with E-state index in [9.17, 15) is 17.2 Å². The van der Waals surface area contributed by atoms with E-state index >= 15 is 0 Å². The molecule has 0 atom stereocenters. The van der Waals surface area contributed by atoms with Gasteiger partial charge in [0.1, 0.15) is 0 Å². The molecule has 0 aliphatic carbocycles. The second-order valence-corrected chi connectivity index (χ2v) is 6.18. The highest BCUT2D eigenvalue weighted by Gasteiger charge is 2.16. The van der Waals surface area contributed by atoms with E-state index in [4.69, 9.17) is 0 Å². The van der Waals surface area contributed by atoms with Crippen molar-refractivity contribution in [1.82, 2.24) is 29.2 Å². The Kier molecular flexibility index (Phi) is 4.25. The van der Waals surface area contributed by atoms with Gasteiger partial charge in [-0.3, -0.25) is 0 Å². The second kappa shape index (κ2) is 5.79. The smallest absolute Gasteiger partial charge is 0.204 e. The Morgan fingerprint density at radius 3 is 2.62 bits per heavy atom. The predicted octanol–water partition coefficient (Wildman–Crippen LogP) is -0.163. The minimum Gasteiger partial charge on any atom is -0.204 e. The van der Waals surface area contributed by atoms with Gasteiger partial charge in [0.05, 0.1) is 12.2 Å². The summed E-state index contributed by atoms with van der Waals surface area (Å²) in [5, 5.41) is 10.7. The van der Waals surface area contributed by atoms with Gasteiger partial charge in [-0.25, -0.2) is 8.78 Å². The Labute approximate surface area is 119 Å². The molecule has 0 unspecified atom stereocenters. The normalized spacial score (nSPS) is 12.0. The van der Waals surface area contributed by atoms with Crippen LogP contribution in [0.2, 0.25) is 0 Å². The molecule has 0 fully saturated rings. The molecule has 1 aromatic carbocycles. The second-order valence-electron chi connectivity index (χ2n) is 4.21. The van der Waals surface area contributed by atoms with E-state index in [1.165, 1.54) is 20.2 Å². The van der Waals surface area contributed by atoms with E-state index in [1.807, 2.05) is 0 Å². The summed E-state index contributed by atoms with van der Waals surface area (Å²) in [6.45, 7) is -0.202. The third-order valence-corrected chi connectivity index (χ3v) is 4.05. The standard InChI is InChI=1S/C10H12F2N6O2S/c1-17(2)21(19,20)13-6-10-14-15-16-18(10)7-3-4-8(11)9(12)5-7/h3-5,13H,6H2,1-2H3. The average Bonchev–Trinajstić information content (AvgIpc) is 2.88. The van der Waals surface area contributed by atoms with Crippen molar-refractivity contribution in [2.45, 2.75) is 6.54 Å². The zero-order valence-electron chi connectivity index (χ0n) is 11.2. The van der Waals surface area contributed by atoms with Crippen molar-refractivity contribution in [3.63, 3.8) is 0 Å². The summed E-state index contributed by atoms with van der Waals surface area (Å²) in [5.74, 6) is -1.92. The van der Waals surface area contributed by atoms with Crippen molar-refractivity contribution in [2.24, 2.45) is 0 Å². The highest BCUT2D eigenvalue weighted by Crippen LogP contribution is 2.13. The third-order valence-electron chi connectivity index (χ3n) is 2.58. The molecule has 0 saturated heterocycles. The Hall–Kier alpha value is -1.98. The van der Waals surface area contributed by atoms with Crippen LogP contribution < -0.4 is 4.72 Å². The zero-order valence-corrected chi connectivity index (χ0v) is 12.0. The molecule has 21 heavy (non-hydrogen) atoms. The van der Waals surface area contributed by atoms with Crippen molar-refractivity contribution in [3.05, 3.63) is 35.7 Å². The van der Waals surface area contributed by atoms with Crippen LogP contribution in [0.25, 0.3) is 5.69 Å². The number of tetrazole rings is 1. The van der Waals surface area contributed by atoms with Gasteiger partial charge in [0.15, 0.2) is 17.5 Å². The first-order valence-electron chi connectivity index (χ1n) is 5.71.